The summed E-state index contributed by atoms with van der Waals surface area (Å²) in [6, 6.07) is 17.7. The lowest BCUT2D eigenvalue weighted by Gasteiger charge is -2.12. The molecule has 1 heterocycles. The highest BCUT2D eigenvalue weighted by molar-refractivity contribution is 7.18. The van der Waals surface area contributed by atoms with Crippen LogP contribution in [0, 0.1) is 0 Å². The van der Waals surface area contributed by atoms with Gasteiger partial charge in [-0.15, -0.1) is 0 Å². The lowest BCUT2D eigenvalue weighted by molar-refractivity contribution is -0.116. The highest BCUT2D eigenvalue weighted by atomic mass is 32.1. The summed E-state index contributed by atoms with van der Waals surface area (Å²) in [5.74, 6) is -0.169. The SMILES string of the molecule is CC(=O)c1sc(NC(=O)CCc2ccc(N(C)C)cc2)nc1-c1ccccc1. The number of thiazole rings is 1. The molecule has 0 radical (unpaired) electrons. The summed E-state index contributed by atoms with van der Waals surface area (Å²) in [5, 5.41) is 3.29. The Morgan fingerprint density at radius 2 is 1.71 bits per heavy atom. The van der Waals surface area contributed by atoms with E-state index in [0.29, 0.717) is 28.5 Å². The van der Waals surface area contributed by atoms with Crippen molar-refractivity contribution in [2.24, 2.45) is 0 Å². The van der Waals surface area contributed by atoms with Gasteiger partial charge < -0.3 is 10.2 Å². The van der Waals surface area contributed by atoms with Crippen molar-refractivity contribution in [3.63, 3.8) is 0 Å². The maximum Gasteiger partial charge on any atom is 0.226 e. The Balaban J connectivity index is 1.66. The van der Waals surface area contributed by atoms with Crippen molar-refractivity contribution in [2.75, 3.05) is 24.3 Å². The first-order valence-electron chi connectivity index (χ1n) is 9.07. The summed E-state index contributed by atoms with van der Waals surface area (Å²) in [6.45, 7) is 1.52. The number of aryl methyl sites for hydroxylation is 1. The largest absolute Gasteiger partial charge is 0.378 e. The predicted molar refractivity (Wildman–Crippen MR) is 115 cm³/mol. The maximum atomic E-state index is 12.4. The summed E-state index contributed by atoms with van der Waals surface area (Å²) in [4.78, 5) is 31.4. The van der Waals surface area contributed by atoms with E-state index in [2.05, 4.69) is 10.3 Å². The molecular formula is C22H23N3O2S. The fraction of sp³-hybridized carbons (Fsp3) is 0.227. The van der Waals surface area contributed by atoms with Gasteiger partial charge in [0.25, 0.3) is 0 Å². The number of Topliss-reactive ketones (excluding diaryl/α,β-unsaturated/α-hetero) is 1. The van der Waals surface area contributed by atoms with Crippen LogP contribution in [0.3, 0.4) is 0 Å². The van der Waals surface area contributed by atoms with Gasteiger partial charge in [0.1, 0.15) is 0 Å². The quantitative estimate of drug-likeness (QED) is 0.594. The van der Waals surface area contributed by atoms with E-state index < -0.39 is 0 Å². The van der Waals surface area contributed by atoms with Crippen LogP contribution >= 0.6 is 11.3 Å². The first kappa shape index (κ1) is 19.8. The first-order valence-corrected chi connectivity index (χ1v) is 9.89. The van der Waals surface area contributed by atoms with Crippen molar-refractivity contribution in [3.8, 4) is 11.3 Å². The van der Waals surface area contributed by atoms with Crippen molar-refractivity contribution in [2.45, 2.75) is 19.8 Å². The number of ketones is 1. The summed E-state index contributed by atoms with van der Waals surface area (Å²) in [6.07, 6.45) is 1.01. The third kappa shape index (κ3) is 4.84. The minimum absolute atomic E-state index is 0.0576. The monoisotopic (exact) mass is 393 g/mol. The molecule has 0 unspecified atom stereocenters. The maximum absolute atomic E-state index is 12.4. The molecule has 0 saturated heterocycles. The summed E-state index contributed by atoms with van der Waals surface area (Å²) in [5.41, 5.74) is 3.72. The Morgan fingerprint density at radius 3 is 2.32 bits per heavy atom. The highest BCUT2D eigenvalue weighted by Crippen LogP contribution is 2.31. The molecule has 0 aliphatic carbocycles. The van der Waals surface area contributed by atoms with Crippen LogP contribution in [0.1, 0.15) is 28.6 Å². The van der Waals surface area contributed by atoms with Gasteiger partial charge in [0.15, 0.2) is 10.9 Å². The van der Waals surface area contributed by atoms with Crippen molar-refractivity contribution >= 4 is 33.8 Å². The second-order valence-corrected chi connectivity index (χ2v) is 7.73. The molecule has 3 aromatic rings. The number of carbonyl (C=O) groups is 2. The normalized spacial score (nSPS) is 10.5. The molecule has 144 valence electrons. The zero-order chi connectivity index (χ0) is 20.1. The third-order valence-electron chi connectivity index (χ3n) is 4.33. The minimum atomic E-state index is -0.111. The van der Waals surface area contributed by atoms with Crippen LogP contribution in [0.4, 0.5) is 10.8 Å². The first-order chi connectivity index (χ1) is 13.4. The molecule has 0 saturated carbocycles. The fourth-order valence-electron chi connectivity index (χ4n) is 2.80. The smallest absolute Gasteiger partial charge is 0.226 e. The van der Waals surface area contributed by atoms with Crippen LogP contribution in [-0.2, 0) is 11.2 Å². The molecule has 0 aliphatic rings. The molecule has 0 aliphatic heterocycles. The Bertz CT molecular complexity index is 963. The molecule has 1 aromatic heterocycles. The van der Waals surface area contributed by atoms with Crippen LogP contribution in [-0.4, -0.2) is 30.8 Å². The standard InChI is InChI=1S/C22H23N3O2S/c1-15(26)21-20(17-7-5-4-6-8-17)24-22(28-21)23-19(27)14-11-16-9-12-18(13-10-16)25(2)3/h4-10,12-13H,11,14H2,1-3H3,(H,23,24,27). The topological polar surface area (TPSA) is 62.3 Å². The van der Waals surface area contributed by atoms with E-state index in [-0.39, 0.29) is 11.7 Å². The number of anilines is 2. The van der Waals surface area contributed by atoms with Crippen molar-refractivity contribution in [3.05, 3.63) is 65.0 Å². The Kier molecular flexibility index (Phi) is 6.21. The van der Waals surface area contributed by atoms with E-state index >= 15 is 0 Å². The molecule has 0 fully saturated rings. The molecule has 5 nitrogen and oxygen atoms in total. The molecular weight excluding hydrogens is 370 g/mol. The number of hydrogen-bond donors (Lipinski definition) is 1. The van der Waals surface area contributed by atoms with Crippen molar-refractivity contribution < 1.29 is 9.59 Å². The lowest BCUT2D eigenvalue weighted by Crippen LogP contribution is -2.12. The molecule has 3 rings (SSSR count). The molecule has 0 atom stereocenters. The number of nitrogens with zero attached hydrogens (tertiary/aromatic N) is 2. The van der Waals surface area contributed by atoms with Crippen molar-refractivity contribution in [1.82, 2.24) is 4.98 Å². The molecule has 6 heteroatoms. The lowest BCUT2D eigenvalue weighted by atomic mass is 10.1. The van der Waals surface area contributed by atoms with Gasteiger partial charge in [0.2, 0.25) is 5.91 Å². The van der Waals surface area contributed by atoms with E-state index in [1.807, 2.05) is 73.6 Å². The van der Waals surface area contributed by atoms with Crippen LogP contribution in [0.5, 0.6) is 0 Å². The number of amides is 1. The Morgan fingerprint density at radius 1 is 1.04 bits per heavy atom. The van der Waals surface area contributed by atoms with Gasteiger partial charge in [-0.3, -0.25) is 9.59 Å². The summed E-state index contributed by atoms with van der Waals surface area (Å²) < 4.78 is 0. The van der Waals surface area contributed by atoms with Crippen LogP contribution in [0.15, 0.2) is 54.6 Å². The Labute approximate surface area is 169 Å². The second-order valence-electron chi connectivity index (χ2n) is 6.73. The van der Waals surface area contributed by atoms with E-state index in [1.54, 1.807) is 0 Å². The number of rotatable bonds is 7. The zero-order valence-electron chi connectivity index (χ0n) is 16.2. The molecule has 28 heavy (non-hydrogen) atoms. The molecule has 2 aromatic carbocycles. The van der Waals surface area contributed by atoms with Gasteiger partial charge in [-0.25, -0.2) is 4.98 Å². The number of carbonyl (C=O) groups excluding carboxylic acids is 2. The zero-order valence-corrected chi connectivity index (χ0v) is 17.0. The van der Waals surface area contributed by atoms with Crippen LogP contribution in [0.2, 0.25) is 0 Å². The molecule has 1 N–H and O–H groups in total. The average Bonchev–Trinajstić information content (AvgIpc) is 3.11. The van der Waals surface area contributed by atoms with E-state index in [0.717, 1.165) is 16.8 Å². The summed E-state index contributed by atoms with van der Waals surface area (Å²) in [7, 11) is 3.99. The van der Waals surface area contributed by atoms with E-state index in [1.165, 1.54) is 18.3 Å². The number of benzene rings is 2. The average molecular weight is 394 g/mol. The number of aromatic nitrogens is 1. The van der Waals surface area contributed by atoms with Gasteiger partial charge in [-0.05, 0) is 24.1 Å². The second kappa shape index (κ2) is 8.80. The van der Waals surface area contributed by atoms with Crippen LogP contribution in [0.25, 0.3) is 11.3 Å². The molecule has 0 bridgehead atoms. The van der Waals surface area contributed by atoms with Gasteiger partial charge >= 0.3 is 0 Å². The van der Waals surface area contributed by atoms with E-state index in [4.69, 9.17) is 0 Å². The molecule has 1 amide bonds. The predicted octanol–water partition coefficient (Wildman–Crippen LogP) is 4.65. The Hall–Kier alpha value is -2.99. The summed E-state index contributed by atoms with van der Waals surface area (Å²) >= 11 is 1.22. The number of nitrogens with one attached hydrogen (secondary N) is 1. The van der Waals surface area contributed by atoms with Crippen molar-refractivity contribution in [1.29, 1.82) is 0 Å². The minimum Gasteiger partial charge on any atom is -0.378 e. The van der Waals surface area contributed by atoms with Gasteiger partial charge in [-0.2, -0.15) is 0 Å². The van der Waals surface area contributed by atoms with Crippen LogP contribution < -0.4 is 10.2 Å². The van der Waals surface area contributed by atoms with Gasteiger partial charge in [0, 0.05) is 38.7 Å². The molecule has 0 spiro atoms. The number of hydrogen-bond acceptors (Lipinski definition) is 5. The van der Waals surface area contributed by atoms with Gasteiger partial charge in [-0.1, -0.05) is 53.8 Å². The van der Waals surface area contributed by atoms with Gasteiger partial charge in [0.05, 0.1) is 10.6 Å². The highest BCUT2D eigenvalue weighted by Gasteiger charge is 2.17. The van der Waals surface area contributed by atoms with E-state index in [9.17, 15) is 9.59 Å². The third-order valence-corrected chi connectivity index (χ3v) is 5.41. The fourth-order valence-corrected chi connectivity index (χ4v) is 3.70.